The van der Waals surface area contributed by atoms with E-state index < -0.39 is 28.5 Å². The van der Waals surface area contributed by atoms with E-state index in [1.807, 2.05) is 65.0 Å². The van der Waals surface area contributed by atoms with Crippen LogP contribution in [0.3, 0.4) is 0 Å². The molecule has 0 spiro atoms. The van der Waals surface area contributed by atoms with Gasteiger partial charge >= 0.3 is 0 Å². The minimum atomic E-state index is -4.07. The molecule has 0 aliphatic rings. The summed E-state index contributed by atoms with van der Waals surface area (Å²) >= 11 is 0. The highest BCUT2D eigenvalue weighted by Crippen LogP contribution is 2.26. The van der Waals surface area contributed by atoms with Gasteiger partial charge in [0.2, 0.25) is 11.8 Å². The number of carbonyl (C=O) groups is 2. The van der Waals surface area contributed by atoms with Crippen molar-refractivity contribution in [3.05, 3.63) is 95.1 Å². The van der Waals surface area contributed by atoms with Gasteiger partial charge in [-0.2, -0.15) is 0 Å². The molecule has 0 radical (unpaired) electrons. The molecule has 202 valence electrons. The van der Waals surface area contributed by atoms with Gasteiger partial charge < -0.3 is 10.2 Å². The van der Waals surface area contributed by atoms with Crippen LogP contribution in [0.5, 0.6) is 0 Å². The number of rotatable bonds is 11. The fraction of sp³-hybridized carbons (Fsp3) is 0.333. The zero-order chi connectivity index (χ0) is 27.9. The lowest BCUT2D eigenvalue weighted by atomic mass is 10.1. The van der Waals surface area contributed by atoms with Crippen LogP contribution in [0.25, 0.3) is 0 Å². The summed E-state index contributed by atoms with van der Waals surface area (Å²) < 4.78 is 28.9. The third kappa shape index (κ3) is 7.01. The first-order valence-electron chi connectivity index (χ1n) is 12.9. The summed E-state index contributed by atoms with van der Waals surface area (Å²) in [6.07, 6.45) is 0.387. The van der Waals surface area contributed by atoms with Crippen molar-refractivity contribution in [1.29, 1.82) is 0 Å². The maximum absolute atomic E-state index is 14.0. The fourth-order valence-corrected chi connectivity index (χ4v) is 5.77. The van der Waals surface area contributed by atoms with E-state index in [1.165, 1.54) is 4.90 Å². The Morgan fingerprint density at radius 1 is 0.842 bits per heavy atom. The van der Waals surface area contributed by atoms with E-state index in [4.69, 9.17) is 0 Å². The van der Waals surface area contributed by atoms with Crippen molar-refractivity contribution in [2.75, 3.05) is 17.4 Å². The summed E-state index contributed by atoms with van der Waals surface area (Å²) in [6.45, 7) is 9.55. The molecule has 3 aromatic rings. The molecule has 3 rings (SSSR count). The first-order valence-corrected chi connectivity index (χ1v) is 14.3. The molecule has 0 fully saturated rings. The van der Waals surface area contributed by atoms with E-state index in [1.54, 1.807) is 42.5 Å². The average molecular weight is 536 g/mol. The van der Waals surface area contributed by atoms with Crippen molar-refractivity contribution < 1.29 is 18.0 Å². The molecule has 1 atom stereocenters. The molecular formula is C30H37N3O4S. The number of anilines is 1. The van der Waals surface area contributed by atoms with Gasteiger partial charge in [0, 0.05) is 13.1 Å². The molecule has 2 amide bonds. The van der Waals surface area contributed by atoms with E-state index in [9.17, 15) is 18.0 Å². The number of sulfonamides is 1. The molecule has 0 unspecified atom stereocenters. The summed E-state index contributed by atoms with van der Waals surface area (Å²) in [4.78, 5) is 28.6. The van der Waals surface area contributed by atoms with Gasteiger partial charge in [0.05, 0.1) is 10.6 Å². The Morgan fingerprint density at radius 2 is 1.47 bits per heavy atom. The Balaban J connectivity index is 2.06. The molecule has 7 nitrogen and oxygen atoms in total. The molecule has 0 aromatic heterocycles. The van der Waals surface area contributed by atoms with Crippen molar-refractivity contribution in [3.8, 4) is 0 Å². The maximum atomic E-state index is 14.0. The molecule has 8 heteroatoms. The van der Waals surface area contributed by atoms with Crippen LogP contribution in [0.2, 0.25) is 0 Å². The van der Waals surface area contributed by atoms with Gasteiger partial charge in [-0.15, -0.1) is 0 Å². The minimum absolute atomic E-state index is 0.0957. The molecule has 38 heavy (non-hydrogen) atoms. The minimum Gasteiger partial charge on any atom is -0.355 e. The lowest BCUT2D eigenvalue weighted by Crippen LogP contribution is -2.52. The van der Waals surface area contributed by atoms with Gasteiger partial charge in [-0.1, -0.05) is 66.6 Å². The zero-order valence-corrected chi connectivity index (χ0v) is 23.6. The summed E-state index contributed by atoms with van der Waals surface area (Å²) in [5.41, 5.74) is 4.08. The SMILES string of the molecule is CCNC(=O)[C@H](CC)N(Cc1cccc(C)c1)C(=O)CN(c1cccc(C)c1)S(=O)(=O)c1ccc(C)cc1. The first kappa shape index (κ1) is 28.9. The van der Waals surface area contributed by atoms with Gasteiger partial charge in [-0.05, 0) is 69.5 Å². The van der Waals surface area contributed by atoms with Gasteiger partial charge in [-0.3, -0.25) is 13.9 Å². The molecule has 0 heterocycles. The number of carbonyl (C=O) groups excluding carboxylic acids is 2. The third-order valence-electron chi connectivity index (χ3n) is 6.35. The first-order chi connectivity index (χ1) is 18.1. The number of amides is 2. The van der Waals surface area contributed by atoms with Crippen LogP contribution < -0.4 is 9.62 Å². The fourth-order valence-electron chi connectivity index (χ4n) is 4.37. The standard InChI is InChI=1S/C30H37N3O4S/c1-6-28(30(35)31-7-2)32(20-25-12-8-10-23(4)18-25)29(34)21-33(26-13-9-11-24(5)19-26)38(36,37)27-16-14-22(3)15-17-27/h8-19,28H,6-7,20-21H2,1-5H3,(H,31,35)/t28-/m0/s1. The van der Waals surface area contributed by atoms with Crippen LogP contribution in [0.1, 0.15) is 42.5 Å². The van der Waals surface area contributed by atoms with Crippen molar-refractivity contribution in [2.45, 2.75) is 58.5 Å². The van der Waals surface area contributed by atoms with Gasteiger partial charge in [0.1, 0.15) is 12.6 Å². The van der Waals surface area contributed by atoms with E-state index >= 15 is 0 Å². The molecule has 0 bridgehead atoms. The molecule has 1 N–H and O–H groups in total. The van der Waals surface area contributed by atoms with Crippen LogP contribution in [0, 0.1) is 20.8 Å². The lowest BCUT2D eigenvalue weighted by molar-refractivity contribution is -0.140. The third-order valence-corrected chi connectivity index (χ3v) is 8.14. The second-order valence-corrected chi connectivity index (χ2v) is 11.4. The van der Waals surface area contributed by atoms with Crippen molar-refractivity contribution in [1.82, 2.24) is 10.2 Å². The van der Waals surface area contributed by atoms with Crippen LogP contribution >= 0.6 is 0 Å². The Kier molecular flexibility index (Phi) is 9.69. The Hall–Kier alpha value is -3.65. The number of hydrogen-bond donors (Lipinski definition) is 1. The highest BCUT2D eigenvalue weighted by Gasteiger charge is 2.33. The van der Waals surface area contributed by atoms with Gasteiger partial charge in [0.15, 0.2) is 0 Å². The highest BCUT2D eigenvalue weighted by molar-refractivity contribution is 7.92. The second-order valence-electron chi connectivity index (χ2n) is 9.49. The Morgan fingerprint density at radius 3 is 2.05 bits per heavy atom. The second kappa shape index (κ2) is 12.7. The van der Waals surface area contributed by atoms with E-state index in [2.05, 4.69) is 5.32 Å². The van der Waals surface area contributed by atoms with Crippen molar-refractivity contribution >= 4 is 27.5 Å². The molecule has 0 saturated carbocycles. The van der Waals surface area contributed by atoms with Gasteiger partial charge in [-0.25, -0.2) is 8.42 Å². The smallest absolute Gasteiger partial charge is 0.264 e. The van der Waals surface area contributed by atoms with E-state index in [0.29, 0.717) is 18.7 Å². The quantitative estimate of drug-likeness (QED) is 0.384. The topological polar surface area (TPSA) is 86.8 Å². The zero-order valence-electron chi connectivity index (χ0n) is 22.8. The summed E-state index contributed by atoms with van der Waals surface area (Å²) in [5, 5.41) is 2.82. The molecule has 3 aromatic carbocycles. The monoisotopic (exact) mass is 535 g/mol. The van der Waals surface area contributed by atoms with Crippen molar-refractivity contribution in [2.24, 2.45) is 0 Å². The average Bonchev–Trinajstić information content (AvgIpc) is 2.87. The van der Waals surface area contributed by atoms with Crippen LogP contribution in [0.4, 0.5) is 5.69 Å². The summed E-state index contributed by atoms with van der Waals surface area (Å²) in [7, 11) is -4.07. The van der Waals surface area contributed by atoms with Gasteiger partial charge in [0.25, 0.3) is 10.0 Å². The molecular weight excluding hydrogens is 498 g/mol. The Bertz CT molecular complexity index is 1370. The normalized spacial score (nSPS) is 12.0. The number of benzene rings is 3. The summed E-state index contributed by atoms with van der Waals surface area (Å²) in [6, 6.07) is 20.6. The summed E-state index contributed by atoms with van der Waals surface area (Å²) in [5.74, 6) is -0.721. The molecule has 0 aliphatic carbocycles. The molecule has 0 aliphatic heterocycles. The Labute approximate surface area is 226 Å². The van der Waals surface area contributed by atoms with Crippen LogP contribution in [-0.4, -0.2) is 44.3 Å². The van der Waals surface area contributed by atoms with Crippen molar-refractivity contribution in [3.63, 3.8) is 0 Å². The maximum Gasteiger partial charge on any atom is 0.264 e. The number of nitrogens with one attached hydrogen (secondary N) is 1. The predicted molar refractivity (Wildman–Crippen MR) is 151 cm³/mol. The van der Waals surface area contributed by atoms with E-state index in [0.717, 1.165) is 26.6 Å². The lowest BCUT2D eigenvalue weighted by Gasteiger charge is -2.33. The number of likely N-dealkylation sites (N-methyl/N-ethyl adjacent to an activating group) is 1. The van der Waals surface area contributed by atoms with Crippen LogP contribution in [-0.2, 0) is 26.2 Å². The highest BCUT2D eigenvalue weighted by atomic mass is 32.2. The largest absolute Gasteiger partial charge is 0.355 e. The predicted octanol–water partition coefficient (Wildman–Crippen LogP) is 4.75. The van der Waals surface area contributed by atoms with E-state index in [-0.39, 0.29) is 17.3 Å². The van der Waals surface area contributed by atoms with Crippen LogP contribution in [0.15, 0.2) is 77.7 Å². The number of hydrogen-bond acceptors (Lipinski definition) is 4. The number of aryl methyl sites for hydroxylation is 3. The number of nitrogens with zero attached hydrogens (tertiary/aromatic N) is 2. The molecule has 0 saturated heterocycles.